The molecule has 2 heteroatoms. The highest BCUT2D eigenvalue weighted by atomic mass is 15.0. The van der Waals surface area contributed by atoms with Gasteiger partial charge in [-0.05, 0) is 30.9 Å². The van der Waals surface area contributed by atoms with Gasteiger partial charge in [-0.25, -0.2) is 0 Å². The van der Waals surface area contributed by atoms with Crippen molar-refractivity contribution >= 4 is 10.9 Å². The molecule has 2 unspecified atom stereocenters. The van der Waals surface area contributed by atoms with Crippen molar-refractivity contribution in [1.29, 1.82) is 0 Å². The molecule has 0 radical (unpaired) electrons. The van der Waals surface area contributed by atoms with Crippen molar-refractivity contribution in [1.82, 2.24) is 10.3 Å². The molecule has 2 aliphatic rings. The van der Waals surface area contributed by atoms with Crippen LogP contribution >= 0.6 is 0 Å². The Morgan fingerprint density at radius 2 is 2.07 bits per heavy atom. The van der Waals surface area contributed by atoms with Crippen LogP contribution < -0.4 is 5.32 Å². The van der Waals surface area contributed by atoms with E-state index >= 15 is 0 Å². The van der Waals surface area contributed by atoms with Crippen LogP contribution in [-0.2, 0) is 6.42 Å². The van der Waals surface area contributed by atoms with Crippen LogP contribution in [-0.4, -0.2) is 11.0 Å². The fourth-order valence-corrected chi connectivity index (χ4v) is 3.19. The van der Waals surface area contributed by atoms with E-state index in [0.717, 1.165) is 6.04 Å². The van der Waals surface area contributed by atoms with Crippen molar-refractivity contribution in [3.63, 3.8) is 0 Å². The Balaban J connectivity index is 2.04. The molecule has 0 amide bonds. The summed E-state index contributed by atoms with van der Waals surface area (Å²) in [7, 11) is 0. The van der Waals surface area contributed by atoms with E-state index < -0.39 is 0 Å². The van der Waals surface area contributed by atoms with Crippen molar-refractivity contribution in [3.05, 3.63) is 35.5 Å². The molecule has 0 spiro atoms. The molecule has 2 nitrogen and oxygen atoms in total. The lowest BCUT2D eigenvalue weighted by Crippen LogP contribution is -2.31. The first kappa shape index (κ1) is 7.94. The lowest BCUT2D eigenvalue weighted by Gasteiger charge is -2.21. The van der Waals surface area contributed by atoms with E-state index in [4.69, 9.17) is 0 Å². The highest BCUT2D eigenvalue weighted by Crippen LogP contribution is 2.38. The van der Waals surface area contributed by atoms with Gasteiger partial charge in [0.05, 0.1) is 0 Å². The van der Waals surface area contributed by atoms with E-state index in [9.17, 15) is 0 Å². The summed E-state index contributed by atoms with van der Waals surface area (Å²) >= 11 is 0. The van der Waals surface area contributed by atoms with E-state index in [2.05, 4.69) is 34.6 Å². The summed E-state index contributed by atoms with van der Waals surface area (Å²) in [5.74, 6) is 0. The first-order valence-electron chi connectivity index (χ1n) is 5.77. The molecule has 2 aliphatic heterocycles. The summed E-state index contributed by atoms with van der Waals surface area (Å²) in [5, 5.41) is 5.11. The number of benzene rings is 1. The highest BCUT2D eigenvalue weighted by molar-refractivity contribution is 5.85. The van der Waals surface area contributed by atoms with Crippen molar-refractivity contribution in [2.75, 3.05) is 0 Å². The number of nitrogens with one attached hydrogen (secondary N) is 2. The minimum atomic E-state index is 0.589. The van der Waals surface area contributed by atoms with Crippen LogP contribution in [0.25, 0.3) is 10.9 Å². The largest absolute Gasteiger partial charge is 0.357 e. The van der Waals surface area contributed by atoms with E-state index in [1.54, 1.807) is 5.56 Å². The minimum absolute atomic E-state index is 0.589. The topological polar surface area (TPSA) is 27.8 Å². The third kappa shape index (κ3) is 0.975. The van der Waals surface area contributed by atoms with E-state index in [1.165, 1.54) is 35.9 Å². The molecule has 3 heterocycles. The average Bonchev–Trinajstić information content (AvgIpc) is 2.83. The molecular formula is C13H14N2. The summed E-state index contributed by atoms with van der Waals surface area (Å²) < 4.78 is 0. The fourth-order valence-electron chi connectivity index (χ4n) is 3.19. The summed E-state index contributed by atoms with van der Waals surface area (Å²) in [6.45, 7) is 0. The molecule has 4 rings (SSSR count). The monoisotopic (exact) mass is 198 g/mol. The normalized spacial score (nSPS) is 28.3. The second kappa shape index (κ2) is 2.64. The predicted octanol–water partition coefficient (Wildman–Crippen LogP) is 2.52. The number of fused-ring (bicyclic) bond motifs is 6. The predicted molar refractivity (Wildman–Crippen MR) is 60.9 cm³/mol. The Labute approximate surface area is 88.7 Å². The van der Waals surface area contributed by atoms with Gasteiger partial charge in [-0.15, -0.1) is 0 Å². The summed E-state index contributed by atoms with van der Waals surface area (Å²) in [6, 6.07) is 9.99. The summed E-state index contributed by atoms with van der Waals surface area (Å²) in [4.78, 5) is 3.58. The standard InChI is InChI=1S/C13H14N2/c1-2-4-11-9(3-1)10-7-8-5-6-12(14-8)13(10)15-11/h1-4,8,12,14-15H,5-7H2. The van der Waals surface area contributed by atoms with Crippen LogP contribution in [0.1, 0.15) is 30.1 Å². The lowest BCUT2D eigenvalue weighted by molar-refractivity contribution is 0.510. The van der Waals surface area contributed by atoms with Crippen LogP contribution in [0.15, 0.2) is 24.3 Å². The fraction of sp³-hybridized carbons (Fsp3) is 0.385. The van der Waals surface area contributed by atoms with Gasteiger partial charge in [0, 0.05) is 28.7 Å². The Bertz CT molecular complexity index is 526. The first-order valence-corrected chi connectivity index (χ1v) is 5.77. The Morgan fingerprint density at radius 1 is 1.13 bits per heavy atom. The minimum Gasteiger partial charge on any atom is -0.357 e. The molecular weight excluding hydrogens is 184 g/mol. The molecule has 1 aromatic heterocycles. The number of H-pyrrole nitrogens is 1. The van der Waals surface area contributed by atoms with Crippen LogP contribution in [0.2, 0.25) is 0 Å². The average molecular weight is 198 g/mol. The zero-order chi connectivity index (χ0) is 9.83. The first-order chi connectivity index (χ1) is 7.42. The van der Waals surface area contributed by atoms with Crippen molar-refractivity contribution < 1.29 is 0 Å². The van der Waals surface area contributed by atoms with Crippen molar-refractivity contribution in [3.8, 4) is 0 Å². The van der Waals surface area contributed by atoms with Gasteiger partial charge in [0.25, 0.3) is 0 Å². The second-order valence-electron chi connectivity index (χ2n) is 4.76. The van der Waals surface area contributed by atoms with E-state index in [1.807, 2.05) is 0 Å². The maximum absolute atomic E-state index is 3.68. The summed E-state index contributed by atoms with van der Waals surface area (Å²) in [5.41, 5.74) is 4.32. The van der Waals surface area contributed by atoms with Gasteiger partial charge in [-0.1, -0.05) is 18.2 Å². The number of aromatic amines is 1. The van der Waals surface area contributed by atoms with Gasteiger partial charge in [0.15, 0.2) is 0 Å². The molecule has 15 heavy (non-hydrogen) atoms. The third-order valence-electron chi connectivity index (χ3n) is 3.89. The SMILES string of the molecule is c1ccc2c3c([nH]c2c1)C1CCC(C3)N1. The molecule has 1 fully saturated rings. The van der Waals surface area contributed by atoms with Gasteiger partial charge in [-0.3, -0.25) is 0 Å². The van der Waals surface area contributed by atoms with Gasteiger partial charge in [0.1, 0.15) is 0 Å². The number of para-hydroxylation sites is 1. The number of rotatable bonds is 0. The second-order valence-corrected chi connectivity index (χ2v) is 4.76. The van der Waals surface area contributed by atoms with Crippen LogP contribution in [0, 0.1) is 0 Å². The van der Waals surface area contributed by atoms with Crippen LogP contribution in [0.4, 0.5) is 0 Å². The number of aromatic nitrogens is 1. The van der Waals surface area contributed by atoms with Crippen molar-refractivity contribution in [2.24, 2.45) is 0 Å². The quantitative estimate of drug-likeness (QED) is 0.669. The molecule has 1 saturated heterocycles. The van der Waals surface area contributed by atoms with Crippen molar-refractivity contribution in [2.45, 2.75) is 31.3 Å². The van der Waals surface area contributed by atoms with Gasteiger partial charge < -0.3 is 10.3 Å². The molecule has 2 N–H and O–H groups in total. The smallest absolute Gasteiger partial charge is 0.0478 e. The van der Waals surface area contributed by atoms with Crippen LogP contribution in [0.3, 0.4) is 0 Å². The number of hydrogen-bond acceptors (Lipinski definition) is 1. The maximum Gasteiger partial charge on any atom is 0.0478 e. The Kier molecular flexibility index (Phi) is 1.40. The molecule has 1 aromatic carbocycles. The van der Waals surface area contributed by atoms with Crippen LogP contribution in [0.5, 0.6) is 0 Å². The van der Waals surface area contributed by atoms with Gasteiger partial charge in [0.2, 0.25) is 0 Å². The molecule has 0 aliphatic carbocycles. The van der Waals surface area contributed by atoms with Gasteiger partial charge in [-0.2, -0.15) is 0 Å². The lowest BCUT2D eigenvalue weighted by atomic mass is 9.99. The molecule has 76 valence electrons. The maximum atomic E-state index is 3.68. The highest BCUT2D eigenvalue weighted by Gasteiger charge is 2.34. The molecule has 0 saturated carbocycles. The number of hydrogen-bond donors (Lipinski definition) is 2. The Morgan fingerprint density at radius 3 is 3.07 bits per heavy atom. The third-order valence-corrected chi connectivity index (χ3v) is 3.89. The van der Waals surface area contributed by atoms with Gasteiger partial charge >= 0.3 is 0 Å². The molecule has 2 bridgehead atoms. The van der Waals surface area contributed by atoms with E-state index in [0.29, 0.717) is 6.04 Å². The summed E-state index contributed by atoms with van der Waals surface area (Å²) in [6.07, 6.45) is 3.84. The molecule has 2 aromatic rings. The zero-order valence-corrected chi connectivity index (χ0v) is 8.59. The van der Waals surface area contributed by atoms with E-state index in [-0.39, 0.29) is 0 Å². The zero-order valence-electron chi connectivity index (χ0n) is 8.59. The Hall–Kier alpha value is -1.28. The molecule has 2 atom stereocenters.